The van der Waals surface area contributed by atoms with Gasteiger partial charge in [0, 0.05) is 22.8 Å². The second-order valence-electron chi connectivity index (χ2n) is 7.43. The lowest BCUT2D eigenvalue weighted by atomic mass is 10.1. The number of benzene rings is 2. The zero-order valence-electron chi connectivity index (χ0n) is 17.4. The minimum Gasteiger partial charge on any atom is -0.478 e. The second kappa shape index (κ2) is 8.09. The number of aliphatic hydroxyl groups excluding tert-OH is 1. The molecule has 1 unspecified atom stereocenters. The van der Waals surface area contributed by atoms with Crippen molar-refractivity contribution in [2.75, 3.05) is 4.90 Å². The summed E-state index contributed by atoms with van der Waals surface area (Å²) >= 11 is 1.12. The lowest BCUT2D eigenvalue weighted by Gasteiger charge is -2.18. The molecule has 158 valence electrons. The average Bonchev–Trinajstić information content (AvgIpc) is 3.17. The standard InChI is InChI=1S/C24H22N2O4S/c1-14-11-17(23(28)29)9-10-20(14)25-15(2)12-18(16(25)3)13-21-22(27)26(24(30)31-21)19-7-5-4-6-8-19/h4-13,24,30H,1-3H3,(H,28,29)/b21-13+. The summed E-state index contributed by atoms with van der Waals surface area (Å²) in [5.74, 6) is -1.20. The molecule has 1 aliphatic heterocycles. The number of para-hydroxylation sites is 1. The maximum Gasteiger partial charge on any atom is 0.335 e. The number of carbonyl (C=O) groups excluding carboxylic acids is 1. The van der Waals surface area contributed by atoms with Crippen LogP contribution in [0.3, 0.4) is 0 Å². The minimum absolute atomic E-state index is 0.240. The normalized spacial score (nSPS) is 17.5. The molecule has 7 heteroatoms. The quantitative estimate of drug-likeness (QED) is 0.591. The van der Waals surface area contributed by atoms with Crippen LogP contribution in [-0.4, -0.2) is 32.2 Å². The third-order valence-electron chi connectivity index (χ3n) is 5.36. The lowest BCUT2D eigenvalue weighted by molar-refractivity contribution is -0.114. The van der Waals surface area contributed by atoms with Gasteiger partial charge in [0.1, 0.15) is 0 Å². The molecular weight excluding hydrogens is 412 g/mol. The van der Waals surface area contributed by atoms with Gasteiger partial charge in [-0.3, -0.25) is 9.69 Å². The molecular formula is C24H22N2O4S. The van der Waals surface area contributed by atoms with Crippen molar-refractivity contribution in [3.8, 4) is 5.69 Å². The molecule has 6 nitrogen and oxygen atoms in total. The number of hydrogen-bond acceptors (Lipinski definition) is 4. The summed E-state index contributed by atoms with van der Waals surface area (Å²) in [5, 5.41) is 19.7. The van der Waals surface area contributed by atoms with Gasteiger partial charge in [0.15, 0.2) is 5.56 Å². The average molecular weight is 435 g/mol. The Labute approximate surface area is 184 Å². The van der Waals surface area contributed by atoms with Gasteiger partial charge in [0.25, 0.3) is 5.91 Å². The number of amides is 1. The predicted molar refractivity (Wildman–Crippen MR) is 122 cm³/mol. The van der Waals surface area contributed by atoms with E-state index in [-0.39, 0.29) is 11.5 Å². The summed E-state index contributed by atoms with van der Waals surface area (Å²) in [7, 11) is 0. The van der Waals surface area contributed by atoms with E-state index in [0.29, 0.717) is 10.6 Å². The fraction of sp³-hybridized carbons (Fsp3) is 0.167. The maximum atomic E-state index is 13.0. The number of thioether (sulfide) groups is 1. The number of aromatic nitrogens is 1. The van der Waals surface area contributed by atoms with Crippen molar-refractivity contribution in [2.24, 2.45) is 0 Å². The second-order valence-corrected chi connectivity index (χ2v) is 8.53. The fourth-order valence-corrected chi connectivity index (χ4v) is 4.79. The van der Waals surface area contributed by atoms with Crippen molar-refractivity contribution in [2.45, 2.75) is 26.3 Å². The molecule has 2 aromatic carbocycles. The van der Waals surface area contributed by atoms with Gasteiger partial charge in [-0.05, 0) is 74.4 Å². The van der Waals surface area contributed by atoms with Crippen LogP contribution in [-0.2, 0) is 4.79 Å². The highest BCUT2D eigenvalue weighted by molar-refractivity contribution is 8.05. The van der Waals surface area contributed by atoms with Crippen LogP contribution in [0.2, 0.25) is 0 Å². The highest BCUT2D eigenvalue weighted by Crippen LogP contribution is 2.38. The monoisotopic (exact) mass is 434 g/mol. The molecule has 2 heterocycles. The van der Waals surface area contributed by atoms with Gasteiger partial charge in [0.05, 0.1) is 10.5 Å². The number of rotatable bonds is 4. The van der Waals surface area contributed by atoms with Crippen LogP contribution in [0.15, 0.2) is 59.5 Å². The molecule has 0 aliphatic carbocycles. The molecule has 0 bridgehead atoms. The Balaban J connectivity index is 1.71. The molecule has 0 saturated carbocycles. The Morgan fingerprint density at radius 1 is 1.06 bits per heavy atom. The Bertz CT molecular complexity index is 1210. The number of aryl methyl sites for hydroxylation is 2. The highest BCUT2D eigenvalue weighted by atomic mass is 32.2. The van der Waals surface area contributed by atoms with Gasteiger partial charge in [-0.15, -0.1) is 0 Å². The van der Waals surface area contributed by atoms with Gasteiger partial charge >= 0.3 is 5.97 Å². The van der Waals surface area contributed by atoms with Crippen molar-refractivity contribution in [3.63, 3.8) is 0 Å². The highest BCUT2D eigenvalue weighted by Gasteiger charge is 2.36. The number of aromatic carboxylic acids is 1. The predicted octanol–water partition coefficient (Wildman–Crippen LogP) is 4.50. The maximum absolute atomic E-state index is 13.0. The summed E-state index contributed by atoms with van der Waals surface area (Å²) in [5.41, 5.74) is 4.42. The van der Waals surface area contributed by atoms with Crippen LogP contribution >= 0.6 is 11.8 Å². The van der Waals surface area contributed by atoms with Crippen LogP contribution in [0, 0.1) is 20.8 Å². The summed E-state index contributed by atoms with van der Waals surface area (Å²) < 4.78 is 2.04. The Morgan fingerprint density at radius 3 is 2.42 bits per heavy atom. The summed E-state index contributed by atoms with van der Waals surface area (Å²) in [6.45, 7) is 5.80. The van der Waals surface area contributed by atoms with E-state index >= 15 is 0 Å². The minimum atomic E-state index is -0.976. The van der Waals surface area contributed by atoms with Crippen molar-refractivity contribution in [1.29, 1.82) is 0 Å². The van der Waals surface area contributed by atoms with Crippen LogP contribution in [0.5, 0.6) is 0 Å². The van der Waals surface area contributed by atoms with E-state index in [1.54, 1.807) is 36.4 Å². The topological polar surface area (TPSA) is 82.8 Å². The smallest absolute Gasteiger partial charge is 0.335 e. The van der Waals surface area contributed by atoms with Crippen molar-refractivity contribution < 1.29 is 19.8 Å². The molecule has 3 aromatic rings. The Morgan fingerprint density at radius 2 is 1.77 bits per heavy atom. The van der Waals surface area contributed by atoms with E-state index in [0.717, 1.165) is 40.0 Å². The van der Waals surface area contributed by atoms with Crippen LogP contribution in [0.25, 0.3) is 11.8 Å². The van der Waals surface area contributed by atoms with Gasteiger partial charge in [-0.1, -0.05) is 30.0 Å². The third kappa shape index (κ3) is 3.78. The summed E-state index contributed by atoms with van der Waals surface area (Å²) in [6, 6.07) is 16.1. The molecule has 1 amide bonds. The van der Waals surface area contributed by atoms with E-state index in [1.165, 1.54) is 4.90 Å². The number of carbonyl (C=O) groups is 2. The van der Waals surface area contributed by atoms with E-state index in [2.05, 4.69) is 0 Å². The van der Waals surface area contributed by atoms with Crippen molar-refractivity contribution in [1.82, 2.24) is 4.57 Å². The molecule has 0 spiro atoms. The van der Waals surface area contributed by atoms with E-state index in [4.69, 9.17) is 0 Å². The van der Waals surface area contributed by atoms with E-state index in [1.807, 2.05) is 49.6 Å². The van der Waals surface area contributed by atoms with E-state index in [9.17, 15) is 19.8 Å². The number of nitrogens with zero attached hydrogens (tertiary/aromatic N) is 2. The number of hydrogen-bond donors (Lipinski definition) is 2. The largest absolute Gasteiger partial charge is 0.478 e. The molecule has 4 rings (SSSR count). The van der Waals surface area contributed by atoms with Crippen LogP contribution < -0.4 is 4.90 Å². The molecule has 1 aliphatic rings. The first kappa shape index (κ1) is 21.0. The molecule has 1 saturated heterocycles. The Hall–Kier alpha value is -3.29. The number of anilines is 1. The zero-order valence-corrected chi connectivity index (χ0v) is 18.2. The molecule has 1 aromatic heterocycles. The van der Waals surface area contributed by atoms with Gasteiger partial charge in [-0.25, -0.2) is 4.79 Å². The van der Waals surface area contributed by atoms with Crippen molar-refractivity contribution >= 4 is 35.4 Å². The van der Waals surface area contributed by atoms with Gasteiger partial charge < -0.3 is 14.8 Å². The zero-order chi connectivity index (χ0) is 22.3. The number of aliphatic hydroxyl groups is 1. The third-order valence-corrected chi connectivity index (χ3v) is 6.33. The van der Waals surface area contributed by atoms with Gasteiger partial charge in [0.2, 0.25) is 0 Å². The molecule has 0 radical (unpaired) electrons. The van der Waals surface area contributed by atoms with Gasteiger partial charge in [-0.2, -0.15) is 0 Å². The van der Waals surface area contributed by atoms with Crippen LogP contribution in [0.4, 0.5) is 5.69 Å². The molecule has 1 atom stereocenters. The SMILES string of the molecule is Cc1cc(C(=O)O)ccc1-n1c(C)cc(/C=C2/SC(O)N(c3ccccc3)C2=O)c1C. The van der Waals surface area contributed by atoms with E-state index < -0.39 is 11.5 Å². The van der Waals surface area contributed by atoms with Crippen molar-refractivity contribution in [3.05, 3.63) is 87.6 Å². The number of carboxylic acid groups (broad SMARTS) is 1. The fourth-order valence-electron chi connectivity index (χ4n) is 3.85. The van der Waals surface area contributed by atoms with Crippen LogP contribution in [0.1, 0.15) is 32.9 Å². The molecule has 31 heavy (non-hydrogen) atoms. The molecule has 2 N–H and O–H groups in total. The summed E-state index contributed by atoms with van der Waals surface area (Å²) in [4.78, 5) is 26.1. The molecule has 1 fully saturated rings. The first-order valence-corrected chi connectivity index (χ1v) is 10.6. The first-order chi connectivity index (χ1) is 14.8. The number of carboxylic acids is 1. The summed E-state index contributed by atoms with van der Waals surface area (Å²) in [6.07, 6.45) is 1.80. The first-order valence-electron chi connectivity index (χ1n) is 9.76. The lowest BCUT2D eigenvalue weighted by Crippen LogP contribution is -2.31. The Kier molecular flexibility index (Phi) is 5.47.